The van der Waals surface area contributed by atoms with E-state index in [-0.39, 0.29) is 29.2 Å². The number of benzene rings is 1. The third-order valence-corrected chi connectivity index (χ3v) is 7.36. The lowest BCUT2D eigenvalue weighted by Gasteiger charge is -2.38. The summed E-state index contributed by atoms with van der Waals surface area (Å²) in [4.78, 5) is 28.0. The van der Waals surface area contributed by atoms with Crippen molar-refractivity contribution in [3.05, 3.63) is 29.8 Å². The molecule has 1 aromatic rings. The summed E-state index contributed by atoms with van der Waals surface area (Å²) < 4.78 is 27.0. The molecule has 2 N–H and O–H groups in total. The molecule has 2 aliphatic rings. The van der Waals surface area contributed by atoms with E-state index in [9.17, 15) is 18.0 Å². The lowest BCUT2D eigenvalue weighted by molar-refractivity contribution is -0.139. The third-order valence-electron chi connectivity index (χ3n) is 5.44. The number of aryl methyl sites for hydroxylation is 1. The average molecular weight is 409 g/mol. The lowest BCUT2D eigenvalue weighted by atomic mass is 9.96. The van der Waals surface area contributed by atoms with Crippen molar-refractivity contribution in [3.8, 4) is 0 Å². The molecule has 1 unspecified atom stereocenters. The zero-order chi connectivity index (χ0) is 20.3. The predicted molar refractivity (Wildman–Crippen MR) is 105 cm³/mol. The molecule has 8 nitrogen and oxygen atoms in total. The van der Waals surface area contributed by atoms with Crippen molar-refractivity contribution in [3.63, 3.8) is 0 Å². The summed E-state index contributed by atoms with van der Waals surface area (Å²) in [5.74, 6) is -0.502. The molecule has 0 radical (unpaired) electrons. The van der Waals surface area contributed by atoms with Crippen molar-refractivity contribution in [2.75, 3.05) is 45.8 Å². The van der Waals surface area contributed by atoms with Gasteiger partial charge in [0.15, 0.2) is 0 Å². The summed E-state index contributed by atoms with van der Waals surface area (Å²) in [6.45, 7) is 4.74. The number of nitrogens with two attached hydrogens (primary N) is 1. The normalized spacial score (nSPS) is 22.2. The highest BCUT2D eigenvalue weighted by atomic mass is 32.2. The highest BCUT2D eigenvalue weighted by Crippen LogP contribution is 2.22. The molecule has 0 bridgehead atoms. The number of piperidine rings is 1. The number of likely N-dealkylation sites (tertiary alicyclic amines) is 1. The van der Waals surface area contributed by atoms with Crippen LogP contribution in [0.2, 0.25) is 0 Å². The number of piperazine rings is 1. The minimum Gasteiger partial charge on any atom is -0.369 e. The van der Waals surface area contributed by atoms with Crippen LogP contribution in [0.3, 0.4) is 0 Å². The maximum Gasteiger partial charge on any atom is 0.243 e. The predicted octanol–water partition coefficient (Wildman–Crippen LogP) is 0.0252. The van der Waals surface area contributed by atoms with Gasteiger partial charge in [-0.25, -0.2) is 8.42 Å². The van der Waals surface area contributed by atoms with Crippen LogP contribution in [0.15, 0.2) is 29.2 Å². The number of carbonyl (C=O) groups is 2. The molecule has 2 fully saturated rings. The van der Waals surface area contributed by atoms with Crippen LogP contribution < -0.4 is 5.73 Å². The van der Waals surface area contributed by atoms with Crippen molar-refractivity contribution in [1.82, 2.24) is 14.1 Å². The fraction of sp³-hybridized carbons (Fsp3) is 0.579. The van der Waals surface area contributed by atoms with Crippen LogP contribution in [0, 0.1) is 12.8 Å². The van der Waals surface area contributed by atoms with E-state index >= 15 is 0 Å². The number of sulfonamides is 1. The van der Waals surface area contributed by atoms with Gasteiger partial charge in [0.05, 0.1) is 17.4 Å². The Morgan fingerprint density at radius 1 is 1.07 bits per heavy atom. The Bertz CT molecular complexity index is 817. The second-order valence-corrected chi connectivity index (χ2v) is 9.52. The van der Waals surface area contributed by atoms with Crippen LogP contribution in [-0.4, -0.2) is 80.2 Å². The fourth-order valence-corrected chi connectivity index (χ4v) is 5.31. The summed E-state index contributed by atoms with van der Waals surface area (Å²) in [5.41, 5.74) is 6.27. The van der Waals surface area contributed by atoms with Crippen molar-refractivity contribution < 1.29 is 18.0 Å². The Morgan fingerprint density at radius 3 is 2.32 bits per heavy atom. The first-order valence-corrected chi connectivity index (χ1v) is 11.1. The van der Waals surface area contributed by atoms with Gasteiger partial charge in [-0.15, -0.1) is 0 Å². The number of nitrogens with zero attached hydrogens (tertiary/aromatic N) is 3. The molecule has 9 heteroatoms. The monoisotopic (exact) mass is 408 g/mol. The minimum atomic E-state index is -3.54. The lowest BCUT2D eigenvalue weighted by Crippen LogP contribution is -2.54. The molecule has 2 amide bonds. The molecular formula is C19H28N4O4S. The standard InChI is InChI=1S/C19H28N4O4S/c1-15-4-6-17(7-5-15)28(26,27)23-11-9-22(10-12-23)19(25)16-3-2-8-21(13-16)14-18(20)24/h4-7,16H,2-3,8-14H2,1H3,(H2,20,24). The van der Waals surface area contributed by atoms with E-state index in [0.29, 0.717) is 32.7 Å². The molecule has 154 valence electrons. The molecule has 0 spiro atoms. The average Bonchev–Trinajstić information content (AvgIpc) is 2.67. The Hall–Kier alpha value is -1.97. The van der Waals surface area contributed by atoms with Gasteiger partial charge in [-0.1, -0.05) is 17.7 Å². The van der Waals surface area contributed by atoms with Crippen LogP contribution in [-0.2, 0) is 19.6 Å². The number of amides is 2. The fourth-order valence-electron chi connectivity index (χ4n) is 3.89. The van der Waals surface area contributed by atoms with Crippen molar-refractivity contribution >= 4 is 21.8 Å². The van der Waals surface area contributed by atoms with E-state index in [1.54, 1.807) is 29.2 Å². The zero-order valence-corrected chi connectivity index (χ0v) is 17.0. The van der Waals surface area contributed by atoms with Gasteiger partial charge in [-0.05, 0) is 38.4 Å². The molecule has 1 atom stereocenters. The summed E-state index contributed by atoms with van der Waals surface area (Å²) in [6, 6.07) is 6.82. The third kappa shape index (κ3) is 4.71. The van der Waals surface area contributed by atoms with Crippen molar-refractivity contribution in [2.24, 2.45) is 11.7 Å². The number of primary amides is 1. The van der Waals surface area contributed by atoms with Gasteiger partial charge in [0, 0.05) is 32.7 Å². The Labute approximate surface area is 166 Å². The summed E-state index contributed by atoms with van der Waals surface area (Å²) in [6.07, 6.45) is 1.64. The largest absolute Gasteiger partial charge is 0.369 e. The molecular weight excluding hydrogens is 380 g/mol. The number of hydrogen-bond acceptors (Lipinski definition) is 5. The molecule has 3 rings (SSSR count). The first-order valence-electron chi connectivity index (χ1n) is 9.63. The van der Waals surface area contributed by atoms with Crippen molar-refractivity contribution in [1.29, 1.82) is 0 Å². The van der Waals surface area contributed by atoms with Gasteiger partial charge < -0.3 is 10.6 Å². The van der Waals surface area contributed by atoms with Crippen molar-refractivity contribution in [2.45, 2.75) is 24.7 Å². The summed E-state index contributed by atoms with van der Waals surface area (Å²) in [7, 11) is -3.54. The number of carbonyl (C=O) groups excluding carboxylic acids is 2. The van der Waals surface area contributed by atoms with Crippen LogP contribution in [0.1, 0.15) is 18.4 Å². The maximum absolute atomic E-state index is 12.9. The molecule has 1 aromatic carbocycles. The van der Waals surface area contributed by atoms with Gasteiger partial charge in [-0.3, -0.25) is 14.5 Å². The van der Waals surface area contributed by atoms with Crippen LogP contribution >= 0.6 is 0 Å². The smallest absolute Gasteiger partial charge is 0.243 e. The Balaban J connectivity index is 1.58. The van der Waals surface area contributed by atoms with Gasteiger partial charge in [0.1, 0.15) is 0 Å². The Kier molecular flexibility index (Phi) is 6.36. The highest BCUT2D eigenvalue weighted by molar-refractivity contribution is 7.89. The van der Waals surface area contributed by atoms with Gasteiger partial charge >= 0.3 is 0 Å². The van der Waals surface area contributed by atoms with E-state index in [1.807, 2.05) is 11.8 Å². The quantitative estimate of drug-likeness (QED) is 0.740. The van der Waals surface area contributed by atoms with Crippen LogP contribution in [0.25, 0.3) is 0 Å². The van der Waals surface area contributed by atoms with E-state index in [0.717, 1.165) is 24.9 Å². The zero-order valence-electron chi connectivity index (χ0n) is 16.2. The molecule has 0 aromatic heterocycles. The van der Waals surface area contributed by atoms with E-state index < -0.39 is 10.0 Å². The molecule has 0 saturated carbocycles. The van der Waals surface area contributed by atoms with Gasteiger partial charge in [0.2, 0.25) is 21.8 Å². The maximum atomic E-state index is 12.9. The molecule has 2 heterocycles. The van der Waals surface area contributed by atoms with E-state index in [2.05, 4.69) is 0 Å². The molecule has 2 aliphatic heterocycles. The number of rotatable bonds is 5. The SMILES string of the molecule is Cc1ccc(S(=O)(=O)N2CCN(C(=O)C3CCCN(CC(N)=O)C3)CC2)cc1. The Morgan fingerprint density at radius 2 is 1.71 bits per heavy atom. The van der Waals surface area contributed by atoms with Gasteiger partial charge in [0.25, 0.3) is 0 Å². The second-order valence-electron chi connectivity index (χ2n) is 7.58. The van der Waals surface area contributed by atoms with Crippen LogP contribution in [0.4, 0.5) is 0 Å². The topological polar surface area (TPSA) is 104 Å². The molecule has 0 aliphatic carbocycles. The molecule has 28 heavy (non-hydrogen) atoms. The van der Waals surface area contributed by atoms with Gasteiger partial charge in [-0.2, -0.15) is 4.31 Å². The first-order chi connectivity index (χ1) is 13.3. The highest BCUT2D eigenvalue weighted by Gasteiger charge is 2.34. The summed E-state index contributed by atoms with van der Waals surface area (Å²) >= 11 is 0. The van der Waals surface area contributed by atoms with E-state index in [1.165, 1.54) is 4.31 Å². The first kappa shape index (κ1) is 20.8. The minimum absolute atomic E-state index is 0.0431. The second kappa shape index (κ2) is 8.59. The van der Waals surface area contributed by atoms with Crippen LogP contribution in [0.5, 0.6) is 0 Å². The summed E-state index contributed by atoms with van der Waals surface area (Å²) in [5, 5.41) is 0. The van der Waals surface area contributed by atoms with E-state index in [4.69, 9.17) is 5.73 Å². The number of hydrogen-bond donors (Lipinski definition) is 1. The molecule has 2 saturated heterocycles.